The van der Waals surface area contributed by atoms with Crippen LogP contribution in [0.4, 0.5) is 5.00 Å². The van der Waals surface area contributed by atoms with Gasteiger partial charge in [0.05, 0.1) is 38.3 Å². The second kappa shape index (κ2) is 9.26. The number of hydrogen-bond acceptors (Lipinski definition) is 5. The zero-order chi connectivity index (χ0) is 21.1. The van der Waals surface area contributed by atoms with Crippen LogP contribution in [0, 0.1) is 5.92 Å². The van der Waals surface area contributed by atoms with Crippen molar-refractivity contribution in [1.29, 1.82) is 0 Å². The van der Waals surface area contributed by atoms with Gasteiger partial charge >= 0.3 is 5.97 Å². The number of carbonyl (C=O) groups is 3. The highest BCUT2D eigenvalue weighted by atomic mass is 32.1. The SMILES string of the molecule is CCOC(=O)c1c(NC(=O)[C@@H](C)[NH+]2CCN(C(C)=O)CC2)sc2c1CC[C@H](C)C2. The van der Waals surface area contributed by atoms with E-state index < -0.39 is 0 Å². The van der Waals surface area contributed by atoms with E-state index in [1.165, 1.54) is 16.2 Å². The number of quaternary nitrogens is 1. The number of carbonyl (C=O) groups excluding carboxylic acids is 3. The van der Waals surface area contributed by atoms with E-state index in [0.717, 1.165) is 42.8 Å². The molecule has 0 radical (unpaired) electrons. The first-order chi connectivity index (χ1) is 13.8. The van der Waals surface area contributed by atoms with Crippen molar-refractivity contribution in [3.05, 3.63) is 16.0 Å². The maximum atomic E-state index is 13.0. The molecule has 2 heterocycles. The highest BCUT2D eigenvalue weighted by molar-refractivity contribution is 7.17. The second-order valence-corrected chi connectivity index (χ2v) is 9.26. The molecule has 1 aliphatic heterocycles. The highest BCUT2D eigenvalue weighted by Crippen LogP contribution is 2.40. The van der Waals surface area contributed by atoms with Gasteiger partial charge in [0.15, 0.2) is 6.04 Å². The van der Waals surface area contributed by atoms with Crippen LogP contribution in [0.15, 0.2) is 0 Å². The van der Waals surface area contributed by atoms with Crippen molar-refractivity contribution in [2.75, 3.05) is 38.1 Å². The number of fused-ring (bicyclic) bond motifs is 1. The van der Waals surface area contributed by atoms with Crippen LogP contribution in [-0.4, -0.2) is 61.5 Å². The molecule has 1 aromatic rings. The van der Waals surface area contributed by atoms with Crippen molar-refractivity contribution < 1.29 is 24.0 Å². The van der Waals surface area contributed by atoms with Gasteiger partial charge in [-0.05, 0) is 44.6 Å². The van der Waals surface area contributed by atoms with Crippen LogP contribution in [0.25, 0.3) is 0 Å². The quantitative estimate of drug-likeness (QED) is 0.697. The number of rotatable bonds is 5. The van der Waals surface area contributed by atoms with E-state index >= 15 is 0 Å². The Kier molecular flexibility index (Phi) is 6.95. The summed E-state index contributed by atoms with van der Waals surface area (Å²) in [5, 5.41) is 3.66. The summed E-state index contributed by atoms with van der Waals surface area (Å²) in [5.41, 5.74) is 1.60. The minimum Gasteiger partial charge on any atom is -0.462 e. The number of anilines is 1. The molecule has 0 saturated carbocycles. The Morgan fingerprint density at radius 3 is 2.62 bits per heavy atom. The lowest BCUT2D eigenvalue weighted by Gasteiger charge is -2.34. The molecule has 0 bridgehead atoms. The van der Waals surface area contributed by atoms with Gasteiger partial charge in [-0.15, -0.1) is 11.3 Å². The zero-order valence-electron chi connectivity index (χ0n) is 17.8. The van der Waals surface area contributed by atoms with Crippen LogP contribution in [-0.2, 0) is 27.2 Å². The Morgan fingerprint density at radius 1 is 1.31 bits per heavy atom. The van der Waals surface area contributed by atoms with Gasteiger partial charge < -0.3 is 19.9 Å². The van der Waals surface area contributed by atoms with E-state index in [9.17, 15) is 14.4 Å². The average molecular weight is 423 g/mol. The maximum absolute atomic E-state index is 13.0. The molecule has 0 aromatic carbocycles. The maximum Gasteiger partial charge on any atom is 0.341 e. The molecule has 0 unspecified atom stereocenters. The van der Waals surface area contributed by atoms with Crippen molar-refractivity contribution >= 4 is 34.1 Å². The number of nitrogens with one attached hydrogen (secondary N) is 2. The van der Waals surface area contributed by atoms with E-state index in [1.54, 1.807) is 13.8 Å². The molecule has 8 heteroatoms. The normalized spacial score (nSPS) is 20.7. The molecule has 1 aliphatic carbocycles. The third-order valence-electron chi connectivity index (χ3n) is 6.08. The first-order valence-electron chi connectivity index (χ1n) is 10.5. The minimum absolute atomic E-state index is 0.0821. The minimum atomic E-state index is -0.343. The van der Waals surface area contributed by atoms with Gasteiger partial charge in [0.1, 0.15) is 5.00 Å². The number of esters is 1. The van der Waals surface area contributed by atoms with E-state index in [-0.39, 0.29) is 23.8 Å². The molecule has 2 atom stereocenters. The van der Waals surface area contributed by atoms with Crippen LogP contribution >= 0.6 is 11.3 Å². The number of hydrogen-bond donors (Lipinski definition) is 2. The molecule has 1 aromatic heterocycles. The molecule has 29 heavy (non-hydrogen) atoms. The molecule has 3 rings (SSSR count). The predicted molar refractivity (Wildman–Crippen MR) is 113 cm³/mol. The average Bonchev–Trinajstić information content (AvgIpc) is 3.04. The van der Waals surface area contributed by atoms with Crippen molar-refractivity contribution in [3.8, 4) is 0 Å². The summed E-state index contributed by atoms with van der Waals surface area (Å²) in [5.74, 6) is 0.234. The van der Waals surface area contributed by atoms with Gasteiger partial charge in [0.2, 0.25) is 5.91 Å². The smallest absolute Gasteiger partial charge is 0.341 e. The molecule has 2 amide bonds. The van der Waals surface area contributed by atoms with Crippen LogP contribution in [0.2, 0.25) is 0 Å². The van der Waals surface area contributed by atoms with E-state index in [4.69, 9.17) is 4.74 Å². The molecule has 7 nitrogen and oxygen atoms in total. The van der Waals surface area contributed by atoms with Crippen LogP contribution in [0.5, 0.6) is 0 Å². The monoisotopic (exact) mass is 422 g/mol. The van der Waals surface area contributed by atoms with Gasteiger partial charge in [-0.25, -0.2) is 4.79 Å². The van der Waals surface area contributed by atoms with Crippen molar-refractivity contribution in [3.63, 3.8) is 0 Å². The summed E-state index contributed by atoms with van der Waals surface area (Å²) in [7, 11) is 0. The van der Waals surface area contributed by atoms with Crippen LogP contribution < -0.4 is 10.2 Å². The van der Waals surface area contributed by atoms with Crippen molar-refractivity contribution in [1.82, 2.24) is 4.90 Å². The lowest BCUT2D eigenvalue weighted by molar-refractivity contribution is -0.917. The van der Waals surface area contributed by atoms with Gasteiger partial charge in [-0.1, -0.05) is 6.92 Å². The summed E-state index contributed by atoms with van der Waals surface area (Å²) in [6.07, 6.45) is 2.84. The Hall–Kier alpha value is -1.93. The van der Waals surface area contributed by atoms with Crippen LogP contribution in [0.1, 0.15) is 54.9 Å². The third-order valence-corrected chi connectivity index (χ3v) is 7.25. The summed E-state index contributed by atoms with van der Waals surface area (Å²) < 4.78 is 5.29. The standard InChI is InChI=1S/C21H31N3O4S/c1-5-28-21(27)18-16-7-6-13(2)12-17(16)29-20(18)22-19(26)14(3)23-8-10-24(11-9-23)15(4)25/h13-14H,5-12H2,1-4H3,(H,22,26)/p+1/t13-,14+/m0/s1. The van der Waals surface area contributed by atoms with Gasteiger partial charge in [-0.3, -0.25) is 9.59 Å². The topological polar surface area (TPSA) is 80.2 Å². The van der Waals surface area contributed by atoms with E-state index in [1.807, 2.05) is 11.8 Å². The molecule has 1 fully saturated rings. The lowest BCUT2D eigenvalue weighted by Crippen LogP contribution is -3.19. The Balaban J connectivity index is 1.74. The molecular weight excluding hydrogens is 390 g/mol. The van der Waals surface area contributed by atoms with Gasteiger partial charge in [0.25, 0.3) is 5.91 Å². The molecule has 160 valence electrons. The fourth-order valence-corrected chi connectivity index (χ4v) is 5.61. The molecular formula is C21H32N3O4S+. The lowest BCUT2D eigenvalue weighted by atomic mass is 9.88. The summed E-state index contributed by atoms with van der Waals surface area (Å²) >= 11 is 1.52. The number of piperazine rings is 1. The number of amides is 2. The molecule has 2 N–H and O–H groups in total. The second-order valence-electron chi connectivity index (χ2n) is 8.15. The van der Waals surface area contributed by atoms with Gasteiger partial charge in [-0.2, -0.15) is 0 Å². The molecule has 1 saturated heterocycles. The predicted octanol–water partition coefficient (Wildman–Crippen LogP) is 1.12. The summed E-state index contributed by atoms with van der Waals surface area (Å²) in [4.78, 5) is 41.3. The molecule has 2 aliphatic rings. The van der Waals surface area contributed by atoms with Crippen LogP contribution in [0.3, 0.4) is 0 Å². The van der Waals surface area contributed by atoms with E-state index in [2.05, 4.69) is 12.2 Å². The summed E-state index contributed by atoms with van der Waals surface area (Å²) in [6.45, 7) is 10.7. The fraction of sp³-hybridized carbons (Fsp3) is 0.667. The first kappa shape index (κ1) is 21.8. The third kappa shape index (κ3) is 4.80. The Bertz CT molecular complexity index is 783. The number of thiophene rings is 1. The number of nitrogens with zero attached hydrogens (tertiary/aromatic N) is 1. The van der Waals surface area contributed by atoms with Crippen molar-refractivity contribution in [2.45, 2.75) is 53.0 Å². The number of ether oxygens (including phenoxy) is 1. The molecule has 0 spiro atoms. The van der Waals surface area contributed by atoms with Gasteiger partial charge in [0, 0.05) is 11.8 Å². The largest absolute Gasteiger partial charge is 0.462 e. The van der Waals surface area contributed by atoms with E-state index in [0.29, 0.717) is 36.2 Å². The van der Waals surface area contributed by atoms with Crippen molar-refractivity contribution in [2.24, 2.45) is 5.92 Å². The Morgan fingerprint density at radius 2 is 2.00 bits per heavy atom. The fourth-order valence-electron chi connectivity index (χ4n) is 4.21. The zero-order valence-corrected chi connectivity index (χ0v) is 18.6. The summed E-state index contributed by atoms with van der Waals surface area (Å²) in [6, 6.07) is -0.253. The highest BCUT2D eigenvalue weighted by Gasteiger charge is 2.33. The Labute approximate surface area is 176 Å². The first-order valence-corrected chi connectivity index (χ1v) is 11.4.